The van der Waals surface area contributed by atoms with Crippen molar-refractivity contribution in [3.05, 3.63) is 29.3 Å². The third-order valence-electron chi connectivity index (χ3n) is 2.90. The summed E-state index contributed by atoms with van der Waals surface area (Å²) in [6.45, 7) is 3.82. The summed E-state index contributed by atoms with van der Waals surface area (Å²) < 4.78 is 5.34. The fourth-order valence-electron chi connectivity index (χ4n) is 2.07. The van der Waals surface area contributed by atoms with Gasteiger partial charge in [-0.05, 0) is 42.9 Å². The lowest BCUT2D eigenvalue weighted by atomic mass is 9.90. The van der Waals surface area contributed by atoms with Crippen molar-refractivity contribution in [2.75, 3.05) is 18.9 Å². The van der Waals surface area contributed by atoms with Crippen LogP contribution in [0.4, 0.5) is 5.69 Å². The Morgan fingerprint density at radius 2 is 2.00 bits per heavy atom. The minimum absolute atomic E-state index is 0.601. The average molecular weight is 191 g/mol. The van der Waals surface area contributed by atoms with Crippen molar-refractivity contribution in [3.63, 3.8) is 0 Å². The van der Waals surface area contributed by atoms with Gasteiger partial charge in [0.05, 0.1) is 0 Å². The van der Waals surface area contributed by atoms with Gasteiger partial charge in [-0.25, -0.2) is 0 Å². The summed E-state index contributed by atoms with van der Waals surface area (Å²) in [6.07, 6.45) is 2.21. The van der Waals surface area contributed by atoms with Crippen molar-refractivity contribution in [1.29, 1.82) is 0 Å². The van der Waals surface area contributed by atoms with Gasteiger partial charge in [-0.3, -0.25) is 0 Å². The Morgan fingerprint density at radius 3 is 2.64 bits per heavy atom. The molecule has 1 saturated heterocycles. The maximum absolute atomic E-state index is 6.01. The molecule has 1 aliphatic rings. The molecule has 2 nitrogen and oxygen atoms in total. The number of rotatable bonds is 1. The van der Waals surface area contributed by atoms with Crippen LogP contribution < -0.4 is 5.73 Å². The van der Waals surface area contributed by atoms with Crippen LogP contribution in [0.25, 0.3) is 0 Å². The maximum Gasteiger partial charge on any atom is 0.0471 e. The van der Waals surface area contributed by atoms with Crippen LogP contribution in [-0.4, -0.2) is 13.2 Å². The minimum Gasteiger partial charge on any atom is -0.398 e. The van der Waals surface area contributed by atoms with Crippen LogP contribution in [0.15, 0.2) is 18.2 Å². The molecule has 0 aliphatic carbocycles. The predicted octanol–water partition coefficient (Wildman–Crippen LogP) is 2.47. The van der Waals surface area contributed by atoms with E-state index in [1.165, 1.54) is 11.1 Å². The van der Waals surface area contributed by atoms with Crippen molar-refractivity contribution in [3.8, 4) is 0 Å². The number of hydrogen-bond acceptors (Lipinski definition) is 2. The van der Waals surface area contributed by atoms with Crippen LogP contribution in [-0.2, 0) is 4.74 Å². The van der Waals surface area contributed by atoms with Crippen LogP contribution >= 0.6 is 0 Å². The molecule has 1 aromatic carbocycles. The van der Waals surface area contributed by atoms with Gasteiger partial charge in [-0.1, -0.05) is 12.1 Å². The van der Waals surface area contributed by atoms with Gasteiger partial charge < -0.3 is 10.5 Å². The molecule has 1 heterocycles. The van der Waals surface area contributed by atoms with E-state index >= 15 is 0 Å². The van der Waals surface area contributed by atoms with E-state index in [1.54, 1.807) is 0 Å². The van der Waals surface area contributed by atoms with E-state index in [4.69, 9.17) is 10.5 Å². The lowest BCUT2D eigenvalue weighted by molar-refractivity contribution is 0.0855. The largest absolute Gasteiger partial charge is 0.398 e. The summed E-state index contributed by atoms with van der Waals surface area (Å²) >= 11 is 0. The standard InChI is InChI=1S/C12H17NO/c1-9-2-3-11(12(13)8-9)10-4-6-14-7-5-10/h2-3,8,10H,4-7,13H2,1H3. The van der Waals surface area contributed by atoms with Crippen molar-refractivity contribution in [2.45, 2.75) is 25.7 Å². The molecule has 0 saturated carbocycles. The lowest BCUT2D eigenvalue weighted by Crippen LogP contribution is -2.15. The van der Waals surface area contributed by atoms with Gasteiger partial charge in [0.1, 0.15) is 0 Å². The van der Waals surface area contributed by atoms with Gasteiger partial charge in [-0.2, -0.15) is 0 Å². The smallest absolute Gasteiger partial charge is 0.0471 e. The summed E-state index contributed by atoms with van der Waals surface area (Å²) in [7, 11) is 0. The molecule has 0 atom stereocenters. The number of nitrogens with two attached hydrogens (primary N) is 1. The first kappa shape index (κ1) is 9.53. The minimum atomic E-state index is 0.601. The van der Waals surface area contributed by atoms with Crippen molar-refractivity contribution >= 4 is 5.69 Å². The predicted molar refractivity (Wildman–Crippen MR) is 58.4 cm³/mol. The molecule has 0 radical (unpaired) electrons. The van der Waals surface area contributed by atoms with Crippen LogP contribution in [0.2, 0.25) is 0 Å². The number of aryl methyl sites for hydroxylation is 1. The normalized spacial score (nSPS) is 18.4. The molecular weight excluding hydrogens is 174 g/mol. The first-order valence-corrected chi connectivity index (χ1v) is 5.21. The fraction of sp³-hybridized carbons (Fsp3) is 0.500. The molecule has 1 aliphatic heterocycles. The second kappa shape index (κ2) is 4.01. The highest BCUT2D eigenvalue weighted by Crippen LogP contribution is 2.31. The van der Waals surface area contributed by atoms with E-state index < -0.39 is 0 Å². The van der Waals surface area contributed by atoms with Gasteiger partial charge in [0.2, 0.25) is 0 Å². The van der Waals surface area contributed by atoms with Crippen LogP contribution in [0.3, 0.4) is 0 Å². The first-order valence-electron chi connectivity index (χ1n) is 5.21. The molecule has 0 amide bonds. The van der Waals surface area contributed by atoms with Gasteiger partial charge in [-0.15, -0.1) is 0 Å². The average Bonchev–Trinajstić information content (AvgIpc) is 2.19. The van der Waals surface area contributed by atoms with Gasteiger partial charge in [0.15, 0.2) is 0 Å². The SMILES string of the molecule is Cc1ccc(C2CCOCC2)c(N)c1. The molecule has 0 aromatic heterocycles. The third kappa shape index (κ3) is 1.90. The van der Waals surface area contributed by atoms with E-state index in [9.17, 15) is 0 Å². The van der Waals surface area contributed by atoms with E-state index in [0.717, 1.165) is 31.7 Å². The van der Waals surface area contributed by atoms with Gasteiger partial charge in [0, 0.05) is 18.9 Å². The highest BCUT2D eigenvalue weighted by Gasteiger charge is 2.17. The Balaban J connectivity index is 2.22. The van der Waals surface area contributed by atoms with E-state index in [0.29, 0.717) is 5.92 Å². The van der Waals surface area contributed by atoms with Crippen molar-refractivity contribution < 1.29 is 4.74 Å². The zero-order valence-electron chi connectivity index (χ0n) is 8.62. The van der Waals surface area contributed by atoms with Crippen LogP contribution in [0.1, 0.15) is 29.9 Å². The van der Waals surface area contributed by atoms with Crippen molar-refractivity contribution in [1.82, 2.24) is 0 Å². The van der Waals surface area contributed by atoms with Crippen LogP contribution in [0, 0.1) is 6.92 Å². The topological polar surface area (TPSA) is 35.2 Å². The summed E-state index contributed by atoms with van der Waals surface area (Å²) in [4.78, 5) is 0. The molecule has 14 heavy (non-hydrogen) atoms. The second-order valence-corrected chi connectivity index (χ2v) is 4.02. The number of ether oxygens (including phenoxy) is 1. The Hall–Kier alpha value is -1.02. The van der Waals surface area contributed by atoms with E-state index in [2.05, 4.69) is 25.1 Å². The van der Waals surface area contributed by atoms with Crippen LogP contribution in [0.5, 0.6) is 0 Å². The highest BCUT2D eigenvalue weighted by atomic mass is 16.5. The summed E-state index contributed by atoms with van der Waals surface area (Å²) in [5.41, 5.74) is 9.49. The van der Waals surface area contributed by atoms with Gasteiger partial charge in [0.25, 0.3) is 0 Å². The number of hydrogen-bond donors (Lipinski definition) is 1. The molecular formula is C12H17NO. The number of nitrogen functional groups attached to an aromatic ring is 1. The first-order chi connectivity index (χ1) is 6.77. The molecule has 2 N–H and O–H groups in total. The molecule has 2 rings (SSSR count). The number of benzene rings is 1. The Bertz CT molecular complexity index is 316. The molecule has 1 aromatic rings. The molecule has 76 valence electrons. The van der Waals surface area contributed by atoms with E-state index in [-0.39, 0.29) is 0 Å². The van der Waals surface area contributed by atoms with E-state index in [1.807, 2.05) is 0 Å². The molecule has 1 fully saturated rings. The van der Waals surface area contributed by atoms with Gasteiger partial charge >= 0.3 is 0 Å². The molecule has 0 spiro atoms. The zero-order valence-corrected chi connectivity index (χ0v) is 8.62. The quantitative estimate of drug-likeness (QED) is 0.692. The van der Waals surface area contributed by atoms with Crippen molar-refractivity contribution in [2.24, 2.45) is 0 Å². The molecule has 2 heteroatoms. The Morgan fingerprint density at radius 1 is 1.29 bits per heavy atom. The summed E-state index contributed by atoms with van der Waals surface area (Å²) in [5.74, 6) is 0.601. The monoisotopic (exact) mass is 191 g/mol. The second-order valence-electron chi connectivity index (χ2n) is 4.02. The zero-order chi connectivity index (χ0) is 9.97. The highest BCUT2D eigenvalue weighted by molar-refractivity contribution is 5.50. The third-order valence-corrected chi connectivity index (χ3v) is 2.90. The Labute approximate surface area is 85.1 Å². The summed E-state index contributed by atoms with van der Waals surface area (Å²) in [5, 5.41) is 0. The lowest BCUT2D eigenvalue weighted by Gasteiger charge is -2.23. The maximum atomic E-state index is 6.01. The Kier molecular flexibility index (Phi) is 2.73. The molecule has 0 unspecified atom stereocenters. The molecule has 0 bridgehead atoms. The summed E-state index contributed by atoms with van der Waals surface area (Å²) in [6, 6.07) is 6.37. The fourth-order valence-corrected chi connectivity index (χ4v) is 2.07. The number of anilines is 1.